The number of hydrogen-bond donors (Lipinski definition) is 2. The minimum Gasteiger partial charge on any atom is -0.444 e. The largest absolute Gasteiger partial charge is 0.444 e. The van der Waals surface area contributed by atoms with Gasteiger partial charge < -0.3 is 15.2 Å². The monoisotopic (exact) mass is 219 g/mol. The summed E-state index contributed by atoms with van der Waals surface area (Å²) in [5.74, 6) is 1.43. The second-order valence-electron chi connectivity index (χ2n) is 4.36. The topological polar surface area (TPSA) is 58.6 Å². The zero-order valence-corrected chi connectivity index (χ0v) is 9.56. The number of hydrogen-bond acceptors (Lipinski definition) is 4. The molecule has 0 unspecified atom stereocenters. The average molecular weight is 219 g/mol. The molecule has 0 bridgehead atoms. The fourth-order valence-electron chi connectivity index (χ4n) is 1.14. The Morgan fingerprint density at radius 1 is 1.50 bits per heavy atom. The highest BCUT2D eigenvalue weighted by Crippen LogP contribution is 2.18. The lowest BCUT2D eigenvalue weighted by Gasteiger charge is -2.22. The van der Waals surface area contributed by atoms with Crippen molar-refractivity contribution in [1.82, 2.24) is 5.32 Å². The molecule has 0 aromatic rings. The molecule has 0 aromatic heterocycles. The van der Waals surface area contributed by atoms with Gasteiger partial charge in [-0.1, -0.05) is 0 Å². The van der Waals surface area contributed by atoms with E-state index < -0.39 is 17.8 Å². The molecule has 1 rings (SSSR count). The fraction of sp³-hybridized carbons (Fsp3) is 0.889. The third-order valence-electron chi connectivity index (χ3n) is 1.75. The maximum atomic E-state index is 11.3. The maximum absolute atomic E-state index is 11.3. The van der Waals surface area contributed by atoms with Crippen LogP contribution in [0.4, 0.5) is 4.79 Å². The fourth-order valence-corrected chi connectivity index (χ4v) is 2.31. The first-order chi connectivity index (χ1) is 6.38. The molecule has 1 saturated heterocycles. The van der Waals surface area contributed by atoms with Gasteiger partial charge in [0.2, 0.25) is 0 Å². The summed E-state index contributed by atoms with van der Waals surface area (Å²) in [6, 6.07) is -0.171. The van der Waals surface area contributed by atoms with Crippen LogP contribution >= 0.6 is 11.8 Å². The Bertz CT molecular complexity index is 215. The second kappa shape index (κ2) is 4.40. The highest BCUT2D eigenvalue weighted by atomic mass is 32.2. The van der Waals surface area contributed by atoms with Crippen LogP contribution in [0.5, 0.6) is 0 Å². The molecule has 2 N–H and O–H groups in total. The van der Waals surface area contributed by atoms with Crippen LogP contribution < -0.4 is 5.32 Å². The van der Waals surface area contributed by atoms with Crippen LogP contribution in [0.1, 0.15) is 20.8 Å². The lowest BCUT2D eigenvalue weighted by Crippen LogP contribution is -2.44. The average Bonchev–Trinajstić information content (AvgIpc) is 2.32. The third kappa shape index (κ3) is 3.75. The van der Waals surface area contributed by atoms with Gasteiger partial charge in [0.25, 0.3) is 0 Å². The van der Waals surface area contributed by atoms with Gasteiger partial charge in [-0.15, -0.1) is 0 Å². The molecule has 0 spiro atoms. The van der Waals surface area contributed by atoms with E-state index in [-0.39, 0.29) is 6.04 Å². The van der Waals surface area contributed by atoms with Crippen LogP contribution in [-0.2, 0) is 4.74 Å². The van der Waals surface area contributed by atoms with Crippen LogP contribution in [-0.4, -0.2) is 40.5 Å². The summed E-state index contributed by atoms with van der Waals surface area (Å²) in [5, 5.41) is 12.1. The number of aliphatic hydroxyl groups is 1. The molecule has 2 atom stereocenters. The third-order valence-corrected chi connectivity index (χ3v) is 2.92. The van der Waals surface area contributed by atoms with E-state index in [1.807, 2.05) is 20.8 Å². The Morgan fingerprint density at radius 2 is 2.14 bits per heavy atom. The van der Waals surface area contributed by atoms with Gasteiger partial charge in [0, 0.05) is 11.5 Å². The molecule has 1 amide bonds. The van der Waals surface area contributed by atoms with Crippen LogP contribution in [0.3, 0.4) is 0 Å². The number of ether oxygens (including phenoxy) is 1. The van der Waals surface area contributed by atoms with E-state index in [1.54, 1.807) is 11.8 Å². The molecular weight excluding hydrogens is 202 g/mol. The van der Waals surface area contributed by atoms with Crippen molar-refractivity contribution in [2.24, 2.45) is 0 Å². The zero-order chi connectivity index (χ0) is 10.8. The molecule has 0 saturated carbocycles. The molecule has 1 fully saturated rings. The summed E-state index contributed by atoms with van der Waals surface area (Å²) < 4.78 is 5.08. The molecule has 0 radical (unpaired) electrons. The van der Waals surface area contributed by atoms with Crippen LogP contribution in [0.15, 0.2) is 0 Å². The zero-order valence-electron chi connectivity index (χ0n) is 8.74. The number of amides is 1. The minimum atomic E-state index is -0.485. The van der Waals surface area contributed by atoms with Crippen LogP contribution in [0, 0.1) is 0 Å². The smallest absolute Gasteiger partial charge is 0.407 e. The second-order valence-corrected chi connectivity index (χ2v) is 5.43. The normalized spacial score (nSPS) is 27.4. The first kappa shape index (κ1) is 11.7. The molecule has 14 heavy (non-hydrogen) atoms. The lowest BCUT2D eigenvalue weighted by molar-refractivity contribution is 0.0461. The van der Waals surface area contributed by atoms with Gasteiger partial charge in [-0.2, -0.15) is 11.8 Å². The lowest BCUT2D eigenvalue weighted by atomic mass is 10.2. The molecule has 0 aromatic carbocycles. The van der Waals surface area contributed by atoms with Crippen LogP contribution in [0.25, 0.3) is 0 Å². The predicted octanol–water partition coefficient (Wildman–Crippen LogP) is 0.987. The summed E-state index contributed by atoms with van der Waals surface area (Å²) in [5.41, 5.74) is -0.485. The highest BCUT2D eigenvalue weighted by Gasteiger charge is 2.28. The van der Waals surface area contributed by atoms with E-state index in [9.17, 15) is 9.90 Å². The van der Waals surface area contributed by atoms with E-state index in [0.29, 0.717) is 5.75 Å². The van der Waals surface area contributed by atoms with E-state index >= 15 is 0 Å². The predicted molar refractivity (Wildman–Crippen MR) is 56.5 cm³/mol. The van der Waals surface area contributed by atoms with Crippen molar-refractivity contribution < 1.29 is 14.6 Å². The molecule has 0 aliphatic carbocycles. The van der Waals surface area contributed by atoms with Gasteiger partial charge in [0.05, 0.1) is 12.1 Å². The Kier molecular flexibility index (Phi) is 3.66. The van der Waals surface area contributed by atoms with Crippen molar-refractivity contribution in [3.63, 3.8) is 0 Å². The SMILES string of the molecule is CC(C)(C)OC(=O)N[C@@H]1CSC[C@@H]1O. The van der Waals surface area contributed by atoms with Gasteiger partial charge >= 0.3 is 6.09 Å². The van der Waals surface area contributed by atoms with Gasteiger partial charge in [-0.25, -0.2) is 4.79 Å². The molecule has 1 aliphatic rings. The molecule has 4 nitrogen and oxygen atoms in total. The Hall–Kier alpha value is -0.420. The molecule has 1 heterocycles. The molecule has 5 heteroatoms. The number of rotatable bonds is 1. The first-order valence-electron chi connectivity index (χ1n) is 4.64. The van der Waals surface area contributed by atoms with Crippen molar-refractivity contribution in [1.29, 1.82) is 0 Å². The van der Waals surface area contributed by atoms with Gasteiger partial charge in [-0.3, -0.25) is 0 Å². The number of carbonyl (C=O) groups is 1. The van der Waals surface area contributed by atoms with E-state index in [4.69, 9.17) is 4.74 Å². The van der Waals surface area contributed by atoms with Crippen molar-refractivity contribution in [3.8, 4) is 0 Å². The molecule has 1 aliphatic heterocycles. The summed E-state index contributed by atoms with van der Waals surface area (Å²) in [6.45, 7) is 5.44. The van der Waals surface area contributed by atoms with Crippen molar-refractivity contribution in [2.45, 2.75) is 38.5 Å². The summed E-state index contributed by atoms with van der Waals surface area (Å²) in [7, 11) is 0. The van der Waals surface area contributed by atoms with Crippen molar-refractivity contribution in [3.05, 3.63) is 0 Å². The van der Waals surface area contributed by atoms with Crippen LogP contribution in [0.2, 0.25) is 0 Å². The van der Waals surface area contributed by atoms with E-state index in [0.717, 1.165) is 5.75 Å². The molecule has 82 valence electrons. The maximum Gasteiger partial charge on any atom is 0.407 e. The first-order valence-corrected chi connectivity index (χ1v) is 5.79. The number of nitrogens with one attached hydrogen (secondary N) is 1. The summed E-state index contributed by atoms with van der Waals surface area (Å²) in [4.78, 5) is 11.3. The number of alkyl carbamates (subject to hydrolysis) is 1. The molecular formula is C9H17NO3S. The Labute approximate surface area is 88.4 Å². The summed E-state index contributed by atoms with van der Waals surface area (Å²) in [6.07, 6.45) is -0.906. The van der Waals surface area contributed by atoms with E-state index in [2.05, 4.69) is 5.32 Å². The summed E-state index contributed by atoms with van der Waals surface area (Å²) >= 11 is 1.63. The number of carbonyl (C=O) groups excluding carboxylic acids is 1. The highest BCUT2D eigenvalue weighted by molar-refractivity contribution is 7.99. The van der Waals surface area contributed by atoms with E-state index in [1.165, 1.54) is 0 Å². The standard InChI is InChI=1S/C9H17NO3S/c1-9(2,3)13-8(12)10-6-4-14-5-7(6)11/h6-7,11H,4-5H2,1-3H3,(H,10,12)/t6-,7+/m1/s1. The van der Waals surface area contributed by atoms with Gasteiger partial charge in [0.15, 0.2) is 0 Å². The Morgan fingerprint density at radius 3 is 2.57 bits per heavy atom. The van der Waals surface area contributed by atoms with Gasteiger partial charge in [-0.05, 0) is 20.8 Å². The minimum absolute atomic E-state index is 0.171. The number of thioether (sulfide) groups is 1. The quantitative estimate of drug-likeness (QED) is 0.690. The van der Waals surface area contributed by atoms with Crippen molar-refractivity contribution in [2.75, 3.05) is 11.5 Å². The number of aliphatic hydroxyl groups excluding tert-OH is 1. The van der Waals surface area contributed by atoms with Crippen molar-refractivity contribution >= 4 is 17.9 Å². The van der Waals surface area contributed by atoms with Gasteiger partial charge in [0.1, 0.15) is 5.60 Å². The Balaban J connectivity index is 2.33.